The molecule has 1 aliphatic carbocycles. The van der Waals surface area contributed by atoms with E-state index in [0.717, 1.165) is 17.8 Å². The van der Waals surface area contributed by atoms with E-state index in [-0.39, 0.29) is 0 Å². The highest BCUT2D eigenvalue weighted by Gasteiger charge is 2.30. The van der Waals surface area contributed by atoms with Gasteiger partial charge in [-0.2, -0.15) is 0 Å². The van der Waals surface area contributed by atoms with E-state index < -0.39 is 0 Å². The van der Waals surface area contributed by atoms with Gasteiger partial charge in [-0.3, -0.25) is 0 Å². The fourth-order valence-electron chi connectivity index (χ4n) is 3.00. The number of aromatic nitrogens is 2. The normalized spacial score (nSPS) is 19.4. The van der Waals surface area contributed by atoms with Crippen molar-refractivity contribution in [2.75, 3.05) is 17.7 Å². The van der Waals surface area contributed by atoms with Crippen molar-refractivity contribution in [1.29, 1.82) is 0 Å². The fraction of sp³-hybridized carbons (Fsp3) is 0.733. The lowest BCUT2D eigenvalue weighted by molar-refractivity contribution is 0.222. The Labute approximate surface area is 116 Å². The van der Waals surface area contributed by atoms with Gasteiger partial charge in [-0.15, -0.1) is 0 Å². The minimum absolute atomic E-state index is 0.496. The number of nitrogens with zero attached hydrogens (tertiary/aromatic N) is 3. The third-order valence-electron chi connectivity index (χ3n) is 4.50. The molecule has 0 radical (unpaired) electrons. The maximum atomic E-state index is 5.96. The van der Waals surface area contributed by atoms with Crippen molar-refractivity contribution in [3.8, 4) is 0 Å². The van der Waals surface area contributed by atoms with Crippen LogP contribution in [0.1, 0.15) is 52.0 Å². The molecular formula is C15H26N4. The van der Waals surface area contributed by atoms with Gasteiger partial charge in [0.25, 0.3) is 0 Å². The number of anilines is 2. The molecule has 0 unspecified atom stereocenters. The molecule has 0 atom stereocenters. The van der Waals surface area contributed by atoms with Crippen molar-refractivity contribution < 1.29 is 0 Å². The SMILES string of the molecule is CCc1c(N)ncnc1N(C)C1CCC(C)(C)CC1. The second-order valence-electron chi connectivity index (χ2n) is 6.42. The Hall–Kier alpha value is -1.32. The molecule has 1 saturated carbocycles. The molecule has 0 spiro atoms. The Morgan fingerprint density at radius 2 is 1.95 bits per heavy atom. The van der Waals surface area contributed by atoms with Gasteiger partial charge in [-0.1, -0.05) is 20.8 Å². The largest absolute Gasteiger partial charge is 0.383 e. The van der Waals surface area contributed by atoms with Crippen LogP contribution < -0.4 is 10.6 Å². The molecule has 19 heavy (non-hydrogen) atoms. The maximum absolute atomic E-state index is 5.96. The van der Waals surface area contributed by atoms with Gasteiger partial charge in [0.05, 0.1) is 0 Å². The van der Waals surface area contributed by atoms with Crippen LogP contribution >= 0.6 is 0 Å². The molecule has 1 aliphatic rings. The van der Waals surface area contributed by atoms with Crippen LogP contribution in [-0.4, -0.2) is 23.1 Å². The van der Waals surface area contributed by atoms with Crippen molar-refractivity contribution in [2.24, 2.45) is 5.41 Å². The molecule has 1 fully saturated rings. The highest BCUT2D eigenvalue weighted by atomic mass is 15.2. The van der Waals surface area contributed by atoms with Gasteiger partial charge in [0.2, 0.25) is 0 Å². The van der Waals surface area contributed by atoms with Crippen molar-refractivity contribution in [1.82, 2.24) is 9.97 Å². The Kier molecular flexibility index (Phi) is 3.97. The topological polar surface area (TPSA) is 55.0 Å². The first kappa shape index (κ1) is 14.1. The highest BCUT2D eigenvalue weighted by Crippen LogP contribution is 2.38. The first-order valence-electron chi connectivity index (χ1n) is 7.27. The van der Waals surface area contributed by atoms with Crippen molar-refractivity contribution >= 4 is 11.6 Å². The van der Waals surface area contributed by atoms with E-state index in [1.165, 1.54) is 25.7 Å². The number of rotatable bonds is 3. The van der Waals surface area contributed by atoms with Gasteiger partial charge in [0, 0.05) is 18.7 Å². The first-order chi connectivity index (χ1) is 8.94. The van der Waals surface area contributed by atoms with E-state index in [1.807, 2.05) is 0 Å². The molecule has 2 N–H and O–H groups in total. The van der Waals surface area contributed by atoms with E-state index in [9.17, 15) is 0 Å². The lowest BCUT2D eigenvalue weighted by Gasteiger charge is -2.39. The van der Waals surface area contributed by atoms with E-state index in [1.54, 1.807) is 6.33 Å². The Bertz CT molecular complexity index is 432. The molecule has 0 aliphatic heterocycles. The standard InChI is InChI=1S/C15H26N4/c1-5-12-13(16)17-10-18-14(12)19(4)11-6-8-15(2,3)9-7-11/h10-11H,5-9H2,1-4H3,(H2,16,17,18). The third-order valence-corrected chi connectivity index (χ3v) is 4.50. The fourth-order valence-corrected chi connectivity index (χ4v) is 3.00. The van der Waals surface area contributed by atoms with Crippen LogP contribution in [0.3, 0.4) is 0 Å². The highest BCUT2D eigenvalue weighted by molar-refractivity contribution is 5.56. The number of hydrogen-bond acceptors (Lipinski definition) is 4. The van der Waals surface area contributed by atoms with Gasteiger partial charge in [-0.05, 0) is 37.5 Å². The zero-order valence-electron chi connectivity index (χ0n) is 12.6. The summed E-state index contributed by atoms with van der Waals surface area (Å²) in [5, 5.41) is 0. The molecule has 1 heterocycles. The smallest absolute Gasteiger partial charge is 0.137 e. The van der Waals surface area contributed by atoms with Crippen LogP contribution in [0.4, 0.5) is 11.6 Å². The van der Waals surface area contributed by atoms with E-state index in [4.69, 9.17) is 5.73 Å². The summed E-state index contributed by atoms with van der Waals surface area (Å²) in [6.07, 6.45) is 7.48. The molecule has 106 valence electrons. The van der Waals surface area contributed by atoms with Gasteiger partial charge < -0.3 is 10.6 Å². The molecule has 0 saturated heterocycles. The zero-order chi connectivity index (χ0) is 14.0. The molecule has 1 aromatic rings. The summed E-state index contributed by atoms with van der Waals surface area (Å²) in [5.41, 5.74) is 7.54. The van der Waals surface area contributed by atoms with Crippen LogP contribution in [0.5, 0.6) is 0 Å². The quantitative estimate of drug-likeness (QED) is 0.909. The third kappa shape index (κ3) is 2.99. The number of nitrogen functional groups attached to an aromatic ring is 1. The minimum Gasteiger partial charge on any atom is -0.383 e. The minimum atomic E-state index is 0.496. The first-order valence-corrected chi connectivity index (χ1v) is 7.27. The molecule has 0 aromatic carbocycles. The van der Waals surface area contributed by atoms with E-state index in [2.05, 4.69) is 42.7 Å². The maximum Gasteiger partial charge on any atom is 0.137 e. The predicted molar refractivity (Wildman–Crippen MR) is 80.3 cm³/mol. The lowest BCUT2D eigenvalue weighted by atomic mass is 9.75. The summed E-state index contributed by atoms with van der Waals surface area (Å²) in [6.45, 7) is 6.84. The lowest BCUT2D eigenvalue weighted by Crippen LogP contribution is -2.38. The van der Waals surface area contributed by atoms with Crippen LogP contribution in [0.2, 0.25) is 0 Å². The van der Waals surface area contributed by atoms with Gasteiger partial charge in [0.1, 0.15) is 18.0 Å². The monoisotopic (exact) mass is 262 g/mol. The van der Waals surface area contributed by atoms with Crippen LogP contribution in [0.15, 0.2) is 6.33 Å². The zero-order valence-corrected chi connectivity index (χ0v) is 12.6. The van der Waals surface area contributed by atoms with Crippen molar-refractivity contribution in [3.63, 3.8) is 0 Å². The average molecular weight is 262 g/mol. The molecule has 4 heteroatoms. The summed E-state index contributed by atoms with van der Waals surface area (Å²) in [4.78, 5) is 10.9. The van der Waals surface area contributed by atoms with E-state index >= 15 is 0 Å². The second-order valence-corrected chi connectivity index (χ2v) is 6.42. The van der Waals surface area contributed by atoms with Crippen LogP contribution in [0.25, 0.3) is 0 Å². The van der Waals surface area contributed by atoms with Crippen LogP contribution in [0, 0.1) is 5.41 Å². The number of hydrogen-bond donors (Lipinski definition) is 1. The van der Waals surface area contributed by atoms with Gasteiger partial charge in [0.15, 0.2) is 0 Å². The van der Waals surface area contributed by atoms with Gasteiger partial charge in [-0.25, -0.2) is 9.97 Å². The summed E-state index contributed by atoms with van der Waals surface area (Å²) < 4.78 is 0. The number of nitrogens with two attached hydrogens (primary N) is 1. The Morgan fingerprint density at radius 3 is 2.53 bits per heavy atom. The molecule has 0 bridgehead atoms. The summed E-state index contributed by atoms with van der Waals surface area (Å²) in [6, 6.07) is 0.577. The second kappa shape index (κ2) is 5.35. The molecular weight excluding hydrogens is 236 g/mol. The van der Waals surface area contributed by atoms with Crippen LogP contribution in [-0.2, 0) is 6.42 Å². The summed E-state index contributed by atoms with van der Waals surface area (Å²) >= 11 is 0. The summed E-state index contributed by atoms with van der Waals surface area (Å²) in [7, 11) is 2.14. The molecule has 0 amide bonds. The molecule has 4 nitrogen and oxygen atoms in total. The Balaban J connectivity index is 2.16. The Morgan fingerprint density at radius 1 is 1.32 bits per heavy atom. The summed E-state index contributed by atoms with van der Waals surface area (Å²) in [5.74, 6) is 1.63. The van der Waals surface area contributed by atoms with Crippen molar-refractivity contribution in [2.45, 2.75) is 58.9 Å². The molecule has 1 aromatic heterocycles. The van der Waals surface area contributed by atoms with Crippen molar-refractivity contribution in [3.05, 3.63) is 11.9 Å². The average Bonchev–Trinajstić information content (AvgIpc) is 2.37. The van der Waals surface area contributed by atoms with E-state index in [0.29, 0.717) is 17.3 Å². The predicted octanol–water partition coefficient (Wildman–Crippen LogP) is 3.03. The van der Waals surface area contributed by atoms with Gasteiger partial charge >= 0.3 is 0 Å². The molecule has 2 rings (SSSR count).